The summed E-state index contributed by atoms with van der Waals surface area (Å²) in [5.74, 6) is 0. The molecular formula is C8H18N2O. The SMILES string of the molecule is CCNCCOC1(C)CNC1. The summed E-state index contributed by atoms with van der Waals surface area (Å²) in [6.07, 6.45) is 0. The summed E-state index contributed by atoms with van der Waals surface area (Å²) in [6.45, 7) is 9.07. The number of rotatable bonds is 5. The lowest BCUT2D eigenvalue weighted by Gasteiger charge is -2.39. The molecule has 3 heteroatoms. The Bertz CT molecular complexity index is 113. The van der Waals surface area contributed by atoms with E-state index in [-0.39, 0.29) is 5.60 Å². The zero-order valence-corrected chi connectivity index (χ0v) is 7.44. The van der Waals surface area contributed by atoms with Crippen LogP contribution in [0.15, 0.2) is 0 Å². The van der Waals surface area contributed by atoms with Gasteiger partial charge in [-0.1, -0.05) is 6.92 Å². The highest BCUT2D eigenvalue weighted by Gasteiger charge is 2.31. The molecule has 0 aromatic rings. The monoisotopic (exact) mass is 158 g/mol. The molecule has 0 atom stereocenters. The first-order valence-corrected chi connectivity index (χ1v) is 4.32. The zero-order valence-electron chi connectivity index (χ0n) is 7.44. The molecule has 0 amide bonds. The van der Waals surface area contributed by atoms with Crippen molar-refractivity contribution in [2.45, 2.75) is 19.4 Å². The molecule has 1 fully saturated rings. The highest BCUT2D eigenvalue weighted by Crippen LogP contribution is 2.14. The smallest absolute Gasteiger partial charge is 0.0902 e. The van der Waals surface area contributed by atoms with Crippen molar-refractivity contribution in [1.29, 1.82) is 0 Å². The number of hydrogen-bond donors (Lipinski definition) is 2. The minimum atomic E-state index is 0.120. The first-order chi connectivity index (χ1) is 5.27. The second-order valence-corrected chi connectivity index (χ2v) is 3.26. The van der Waals surface area contributed by atoms with Crippen molar-refractivity contribution >= 4 is 0 Å². The summed E-state index contributed by atoms with van der Waals surface area (Å²) >= 11 is 0. The summed E-state index contributed by atoms with van der Waals surface area (Å²) in [5.41, 5.74) is 0.120. The van der Waals surface area contributed by atoms with Gasteiger partial charge in [0.1, 0.15) is 0 Å². The first-order valence-electron chi connectivity index (χ1n) is 4.32. The molecule has 1 heterocycles. The van der Waals surface area contributed by atoms with Crippen molar-refractivity contribution in [3.05, 3.63) is 0 Å². The van der Waals surface area contributed by atoms with E-state index >= 15 is 0 Å². The standard InChI is InChI=1S/C8H18N2O/c1-3-9-4-5-11-8(2)6-10-7-8/h9-10H,3-7H2,1-2H3. The van der Waals surface area contributed by atoms with E-state index < -0.39 is 0 Å². The van der Waals surface area contributed by atoms with Crippen LogP contribution >= 0.6 is 0 Å². The summed E-state index contributed by atoms with van der Waals surface area (Å²) in [4.78, 5) is 0. The Morgan fingerprint density at radius 2 is 2.27 bits per heavy atom. The van der Waals surface area contributed by atoms with Gasteiger partial charge in [0.05, 0.1) is 12.2 Å². The zero-order chi connectivity index (χ0) is 8.16. The van der Waals surface area contributed by atoms with Crippen LogP contribution in [-0.4, -0.2) is 38.4 Å². The van der Waals surface area contributed by atoms with E-state index in [1.807, 2.05) is 0 Å². The number of ether oxygens (including phenoxy) is 1. The summed E-state index contributed by atoms with van der Waals surface area (Å²) in [6, 6.07) is 0. The number of hydrogen-bond acceptors (Lipinski definition) is 3. The molecule has 0 spiro atoms. The van der Waals surface area contributed by atoms with Gasteiger partial charge in [-0.25, -0.2) is 0 Å². The molecule has 2 N–H and O–H groups in total. The van der Waals surface area contributed by atoms with Crippen molar-refractivity contribution in [3.63, 3.8) is 0 Å². The number of likely N-dealkylation sites (N-methyl/N-ethyl adjacent to an activating group) is 1. The summed E-state index contributed by atoms with van der Waals surface area (Å²) in [7, 11) is 0. The van der Waals surface area contributed by atoms with E-state index in [0.29, 0.717) is 0 Å². The third-order valence-corrected chi connectivity index (χ3v) is 1.98. The van der Waals surface area contributed by atoms with Crippen molar-refractivity contribution in [2.24, 2.45) is 0 Å². The largest absolute Gasteiger partial charge is 0.371 e. The average Bonchev–Trinajstić information content (AvgIpc) is 1.95. The van der Waals surface area contributed by atoms with E-state index in [9.17, 15) is 0 Å². The maximum atomic E-state index is 5.64. The normalized spacial score (nSPS) is 21.3. The minimum absolute atomic E-state index is 0.120. The highest BCUT2D eigenvalue weighted by molar-refractivity contribution is 4.89. The molecule has 1 rings (SSSR count). The molecule has 3 nitrogen and oxygen atoms in total. The van der Waals surface area contributed by atoms with Gasteiger partial charge in [-0.15, -0.1) is 0 Å². The lowest BCUT2D eigenvalue weighted by atomic mass is 10.0. The Balaban J connectivity index is 1.94. The van der Waals surface area contributed by atoms with Crippen molar-refractivity contribution in [2.75, 3.05) is 32.8 Å². The van der Waals surface area contributed by atoms with Gasteiger partial charge in [0.15, 0.2) is 0 Å². The van der Waals surface area contributed by atoms with Crippen molar-refractivity contribution in [1.82, 2.24) is 10.6 Å². The van der Waals surface area contributed by atoms with Crippen LogP contribution in [0.25, 0.3) is 0 Å². The van der Waals surface area contributed by atoms with Crippen LogP contribution < -0.4 is 10.6 Å². The second-order valence-electron chi connectivity index (χ2n) is 3.26. The molecule has 1 aliphatic heterocycles. The minimum Gasteiger partial charge on any atom is -0.371 e. The van der Waals surface area contributed by atoms with Gasteiger partial charge >= 0.3 is 0 Å². The first kappa shape index (κ1) is 8.97. The van der Waals surface area contributed by atoms with Gasteiger partial charge in [-0.05, 0) is 13.5 Å². The molecule has 0 aliphatic carbocycles. The van der Waals surface area contributed by atoms with Crippen molar-refractivity contribution < 1.29 is 4.74 Å². The van der Waals surface area contributed by atoms with Crippen LogP contribution in [-0.2, 0) is 4.74 Å². The van der Waals surface area contributed by atoms with Crippen LogP contribution in [0.4, 0.5) is 0 Å². The Morgan fingerprint density at radius 3 is 2.73 bits per heavy atom. The van der Waals surface area contributed by atoms with E-state index in [2.05, 4.69) is 24.5 Å². The maximum absolute atomic E-state index is 5.64. The molecule has 11 heavy (non-hydrogen) atoms. The van der Waals surface area contributed by atoms with E-state index in [4.69, 9.17) is 4.74 Å². The van der Waals surface area contributed by atoms with Gasteiger partial charge in [0.2, 0.25) is 0 Å². The topological polar surface area (TPSA) is 33.3 Å². The van der Waals surface area contributed by atoms with Gasteiger partial charge in [0, 0.05) is 19.6 Å². The van der Waals surface area contributed by atoms with E-state index in [0.717, 1.165) is 32.8 Å². The molecule has 0 unspecified atom stereocenters. The second kappa shape index (κ2) is 4.04. The fourth-order valence-electron chi connectivity index (χ4n) is 1.13. The maximum Gasteiger partial charge on any atom is 0.0902 e. The lowest BCUT2D eigenvalue weighted by molar-refractivity contribution is -0.0647. The fourth-order valence-corrected chi connectivity index (χ4v) is 1.13. The summed E-state index contributed by atoms with van der Waals surface area (Å²) in [5, 5.41) is 6.42. The van der Waals surface area contributed by atoms with Crippen LogP contribution in [0, 0.1) is 0 Å². The quantitative estimate of drug-likeness (QED) is 0.551. The predicted molar refractivity (Wildman–Crippen MR) is 45.8 cm³/mol. The highest BCUT2D eigenvalue weighted by atomic mass is 16.5. The molecule has 0 aromatic heterocycles. The summed E-state index contributed by atoms with van der Waals surface area (Å²) < 4.78 is 5.64. The van der Waals surface area contributed by atoms with Gasteiger partial charge in [-0.3, -0.25) is 0 Å². The van der Waals surface area contributed by atoms with Crippen LogP contribution in [0.1, 0.15) is 13.8 Å². The molecule has 0 aromatic carbocycles. The third-order valence-electron chi connectivity index (χ3n) is 1.98. The van der Waals surface area contributed by atoms with E-state index in [1.54, 1.807) is 0 Å². The Morgan fingerprint density at radius 1 is 1.55 bits per heavy atom. The molecule has 1 aliphatic rings. The van der Waals surface area contributed by atoms with Gasteiger partial charge in [-0.2, -0.15) is 0 Å². The Kier molecular flexibility index (Phi) is 3.30. The van der Waals surface area contributed by atoms with Crippen molar-refractivity contribution in [3.8, 4) is 0 Å². The Hall–Kier alpha value is -0.120. The average molecular weight is 158 g/mol. The predicted octanol–water partition coefficient (Wildman–Crippen LogP) is -0.0256. The lowest BCUT2D eigenvalue weighted by Crippen LogP contribution is -2.59. The molecule has 66 valence electrons. The molecule has 0 bridgehead atoms. The van der Waals surface area contributed by atoms with Crippen LogP contribution in [0.5, 0.6) is 0 Å². The third kappa shape index (κ3) is 2.77. The molecule has 0 saturated carbocycles. The molecule has 0 radical (unpaired) electrons. The van der Waals surface area contributed by atoms with Crippen LogP contribution in [0.3, 0.4) is 0 Å². The fraction of sp³-hybridized carbons (Fsp3) is 1.00. The van der Waals surface area contributed by atoms with Gasteiger partial charge in [0.25, 0.3) is 0 Å². The number of nitrogens with one attached hydrogen (secondary N) is 2. The van der Waals surface area contributed by atoms with Crippen LogP contribution in [0.2, 0.25) is 0 Å². The Labute approximate surface area is 68.5 Å². The molecular weight excluding hydrogens is 140 g/mol. The van der Waals surface area contributed by atoms with E-state index in [1.165, 1.54) is 0 Å². The molecule has 1 saturated heterocycles. The van der Waals surface area contributed by atoms with Gasteiger partial charge < -0.3 is 15.4 Å².